The van der Waals surface area contributed by atoms with E-state index in [9.17, 15) is 4.79 Å². The van der Waals surface area contributed by atoms with Crippen molar-refractivity contribution >= 4 is 36.4 Å². The van der Waals surface area contributed by atoms with Crippen molar-refractivity contribution in [3.05, 3.63) is 29.8 Å². The van der Waals surface area contributed by atoms with Crippen molar-refractivity contribution < 1.29 is 4.79 Å². The number of nitrogens with zero attached hydrogens (tertiary/aromatic N) is 1. The summed E-state index contributed by atoms with van der Waals surface area (Å²) in [5, 5.41) is 6.42. The third-order valence-electron chi connectivity index (χ3n) is 4.66. The first-order chi connectivity index (χ1) is 10.8. The van der Waals surface area contributed by atoms with E-state index in [1.807, 2.05) is 12.1 Å². The summed E-state index contributed by atoms with van der Waals surface area (Å²) in [4.78, 5) is 14.6. The molecule has 6 heteroatoms. The Morgan fingerprint density at radius 1 is 1.17 bits per heavy atom. The highest BCUT2D eigenvalue weighted by Crippen LogP contribution is 2.17. The molecule has 3 rings (SSSR count). The van der Waals surface area contributed by atoms with E-state index in [0.29, 0.717) is 12.5 Å². The van der Waals surface area contributed by atoms with Gasteiger partial charge in [0.1, 0.15) is 0 Å². The molecular formula is C18H29Cl2N3O. The van der Waals surface area contributed by atoms with Crippen LogP contribution in [0.4, 0.5) is 5.69 Å². The van der Waals surface area contributed by atoms with Crippen molar-refractivity contribution in [1.82, 2.24) is 10.2 Å². The highest BCUT2D eigenvalue weighted by molar-refractivity contribution is 5.91. The zero-order valence-corrected chi connectivity index (χ0v) is 15.8. The van der Waals surface area contributed by atoms with Crippen molar-refractivity contribution in [2.24, 2.45) is 0 Å². The molecule has 1 unspecified atom stereocenters. The summed E-state index contributed by atoms with van der Waals surface area (Å²) in [7, 11) is 0. The van der Waals surface area contributed by atoms with Crippen molar-refractivity contribution in [2.45, 2.75) is 51.1 Å². The Morgan fingerprint density at radius 3 is 2.67 bits per heavy atom. The molecule has 2 aliphatic heterocycles. The Bertz CT molecular complexity index is 501. The second kappa shape index (κ2) is 10.9. The number of carbonyl (C=O) groups excluding carboxylic acids is 1. The number of nitrogens with one attached hydrogen (secondary N) is 2. The SMILES string of the molecule is Cl.Cl.O=C(CC1CCCN1)Nc1cccc(CN2CCCCC2)c1. The summed E-state index contributed by atoms with van der Waals surface area (Å²) in [6, 6.07) is 8.66. The number of hydrogen-bond donors (Lipinski definition) is 2. The van der Waals surface area contributed by atoms with Crippen LogP contribution in [0.1, 0.15) is 44.1 Å². The second-order valence-corrected chi connectivity index (χ2v) is 6.58. The average molecular weight is 374 g/mol. The van der Waals surface area contributed by atoms with Crippen LogP contribution in [0.5, 0.6) is 0 Å². The fraction of sp³-hybridized carbons (Fsp3) is 0.611. The third-order valence-corrected chi connectivity index (χ3v) is 4.66. The van der Waals surface area contributed by atoms with Gasteiger partial charge in [0.15, 0.2) is 0 Å². The molecule has 2 saturated heterocycles. The molecule has 0 radical (unpaired) electrons. The molecule has 1 aromatic rings. The summed E-state index contributed by atoms with van der Waals surface area (Å²) in [5.41, 5.74) is 2.22. The lowest BCUT2D eigenvalue weighted by Crippen LogP contribution is -2.29. The van der Waals surface area contributed by atoms with Crippen LogP contribution in [0.2, 0.25) is 0 Å². The number of rotatable bonds is 5. The molecule has 0 bridgehead atoms. The molecule has 1 atom stereocenters. The normalized spacial score (nSPS) is 20.8. The Balaban J connectivity index is 0.00000144. The minimum atomic E-state index is 0. The van der Waals surface area contributed by atoms with E-state index in [1.54, 1.807) is 0 Å². The summed E-state index contributed by atoms with van der Waals surface area (Å²) >= 11 is 0. The summed E-state index contributed by atoms with van der Waals surface area (Å²) < 4.78 is 0. The van der Waals surface area contributed by atoms with Crippen LogP contribution in [0.25, 0.3) is 0 Å². The summed E-state index contributed by atoms with van der Waals surface area (Å²) in [6.07, 6.45) is 6.86. The first-order valence-electron chi connectivity index (χ1n) is 8.64. The Kier molecular flexibility index (Phi) is 9.67. The van der Waals surface area contributed by atoms with E-state index >= 15 is 0 Å². The number of halogens is 2. The van der Waals surface area contributed by atoms with E-state index in [2.05, 4.69) is 27.7 Å². The average Bonchev–Trinajstić information content (AvgIpc) is 3.01. The molecule has 0 aliphatic carbocycles. The zero-order valence-electron chi connectivity index (χ0n) is 14.1. The number of piperidine rings is 1. The molecular weight excluding hydrogens is 345 g/mol. The lowest BCUT2D eigenvalue weighted by atomic mass is 10.1. The zero-order chi connectivity index (χ0) is 15.2. The third kappa shape index (κ3) is 6.60. The molecule has 1 amide bonds. The summed E-state index contributed by atoms with van der Waals surface area (Å²) in [6.45, 7) is 4.44. The maximum absolute atomic E-state index is 12.1. The molecule has 1 aromatic carbocycles. The molecule has 2 N–H and O–H groups in total. The van der Waals surface area contributed by atoms with Gasteiger partial charge in [-0.15, -0.1) is 24.8 Å². The molecule has 2 aliphatic rings. The molecule has 0 spiro atoms. The van der Waals surface area contributed by atoms with E-state index in [4.69, 9.17) is 0 Å². The van der Waals surface area contributed by atoms with Crippen LogP contribution >= 0.6 is 24.8 Å². The smallest absolute Gasteiger partial charge is 0.225 e. The van der Waals surface area contributed by atoms with E-state index in [-0.39, 0.29) is 30.7 Å². The van der Waals surface area contributed by atoms with Gasteiger partial charge in [0, 0.05) is 24.7 Å². The van der Waals surface area contributed by atoms with Gasteiger partial charge in [-0.05, 0) is 63.0 Å². The van der Waals surface area contributed by atoms with E-state index < -0.39 is 0 Å². The highest BCUT2D eigenvalue weighted by Gasteiger charge is 2.17. The molecule has 24 heavy (non-hydrogen) atoms. The van der Waals surface area contributed by atoms with Gasteiger partial charge in [-0.3, -0.25) is 9.69 Å². The van der Waals surface area contributed by atoms with Gasteiger partial charge < -0.3 is 10.6 Å². The monoisotopic (exact) mass is 373 g/mol. The van der Waals surface area contributed by atoms with Crippen LogP contribution in [0, 0.1) is 0 Å². The molecule has 4 nitrogen and oxygen atoms in total. The lowest BCUT2D eigenvalue weighted by molar-refractivity contribution is -0.116. The minimum absolute atomic E-state index is 0. The molecule has 2 heterocycles. The first-order valence-corrected chi connectivity index (χ1v) is 8.64. The van der Waals surface area contributed by atoms with Gasteiger partial charge in [-0.25, -0.2) is 0 Å². The predicted molar refractivity (Wildman–Crippen MR) is 104 cm³/mol. The van der Waals surface area contributed by atoms with Crippen molar-refractivity contribution in [3.8, 4) is 0 Å². The fourth-order valence-corrected chi connectivity index (χ4v) is 3.49. The Morgan fingerprint density at radius 2 is 1.96 bits per heavy atom. The van der Waals surface area contributed by atoms with E-state index in [1.165, 1.54) is 44.3 Å². The van der Waals surface area contributed by atoms with E-state index in [0.717, 1.165) is 25.2 Å². The van der Waals surface area contributed by atoms with Gasteiger partial charge in [0.2, 0.25) is 5.91 Å². The molecule has 136 valence electrons. The number of benzene rings is 1. The van der Waals surface area contributed by atoms with Crippen molar-refractivity contribution in [1.29, 1.82) is 0 Å². The Labute approximate surface area is 157 Å². The number of likely N-dealkylation sites (tertiary alicyclic amines) is 1. The van der Waals surface area contributed by atoms with Gasteiger partial charge in [-0.1, -0.05) is 18.6 Å². The van der Waals surface area contributed by atoms with Crippen LogP contribution < -0.4 is 10.6 Å². The number of amides is 1. The predicted octanol–water partition coefficient (Wildman–Crippen LogP) is 3.60. The Hall–Kier alpha value is -0.810. The largest absolute Gasteiger partial charge is 0.326 e. The fourth-order valence-electron chi connectivity index (χ4n) is 3.49. The topological polar surface area (TPSA) is 44.4 Å². The van der Waals surface area contributed by atoms with Crippen LogP contribution in [-0.4, -0.2) is 36.5 Å². The molecule has 2 fully saturated rings. The maximum Gasteiger partial charge on any atom is 0.225 e. The second-order valence-electron chi connectivity index (χ2n) is 6.58. The number of carbonyl (C=O) groups is 1. The quantitative estimate of drug-likeness (QED) is 0.828. The minimum Gasteiger partial charge on any atom is -0.326 e. The molecule has 0 aromatic heterocycles. The van der Waals surface area contributed by atoms with Crippen LogP contribution in [-0.2, 0) is 11.3 Å². The van der Waals surface area contributed by atoms with Crippen LogP contribution in [0.15, 0.2) is 24.3 Å². The first kappa shape index (κ1) is 21.2. The maximum atomic E-state index is 12.1. The highest BCUT2D eigenvalue weighted by atomic mass is 35.5. The molecule has 0 saturated carbocycles. The number of hydrogen-bond acceptors (Lipinski definition) is 3. The standard InChI is InChI=1S/C18H27N3O.2ClH/c22-18(13-16-8-5-9-19-16)20-17-7-4-6-15(12-17)14-21-10-2-1-3-11-21;;/h4,6-7,12,16,19H,1-3,5,8-11,13-14H2,(H,20,22);2*1H. The van der Waals surface area contributed by atoms with Crippen molar-refractivity contribution in [2.75, 3.05) is 25.0 Å². The lowest BCUT2D eigenvalue weighted by Gasteiger charge is -2.26. The van der Waals surface area contributed by atoms with Gasteiger partial charge in [-0.2, -0.15) is 0 Å². The van der Waals surface area contributed by atoms with Gasteiger partial charge >= 0.3 is 0 Å². The van der Waals surface area contributed by atoms with Gasteiger partial charge in [0.05, 0.1) is 0 Å². The van der Waals surface area contributed by atoms with Gasteiger partial charge in [0.25, 0.3) is 0 Å². The van der Waals surface area contributed by atoms with Crippen LogP contribution in [0.3, 0.4) is 0 Å². The van der Waals surface area contributed by atoms with Crippen molar-refractivity contribution in [3.63, 3.8) is 0 Å². The summed E-state index contributed by atoms with van der Waals surface area (Å²) in [5.74, 6) is 0.120. The number of anilines is 1.